The molecule has 4 heteroatoms. The molecule has 0 aromatic carbocycles. The molecule has 4 fully saturated rings. The average Bonchev–Trinajstić information content (AvgIpc) is 2.99. The number of ether oxygens (including phenoxy) is 1. The Hall–Kier alpha value is -1.16. The van der Waals surface area contributed by atoms with Crippen LogP contribution in [0.15, 0.2) is 12.7 Å². The van der Waals surface area contributed by atoms with Gasteiger partial charge in [-0.25, -0.2) is 0 Å². The first kappa shape index (κ1) is 12.6. The lowest BCUT2D eigenvalue weighted by atomic mass is 9.81. The summed E-state index contributed by atoms with van der Waals surface area (Å²) in [6.07, 6.45) is 3.26. The molecule has 0 radical (unpaired) electrons. The van der Waals surface area contributed by atoms with Crippen molar-refractivity contribution in [2.24, 2.45) is 35.5 Å². The van der Waals surface area contributed by atoms with Crippen LogP contribution in [-0.2, 0) is 14.3 Å². The van der Waals surface area contributed by atoms with Crippen LogP contribution in [0.2, 0.25) is 0 Å². The van der Waals surface area contributed by atoms with Gasteiger partial charge in [-0.1, -0.05) is 19.9 Å². The molecule has 4 rings (SSSR count). The third-order valence-corrected chi connectivity index (χ3v) is 5.68. The maximum absolute atomic E-state index is 12.6. The second-order valence-corrected chi connectivity index (χ2v) is 7.14. The van der Waals surface area contributed by atoms with Crippen molar-refractivity contribution in [3.05, 3.63) is 12.7 Å². The number of carbonyl (C=O) groups is 2. The Morgan fingerprint density at radius 3 is 2.20 bits per heavy atom. The van der Waals surface area contributed by atoms with Crippen molar-refractivity contribution in [3.63, 3.8) is 0 Å². The van der Waals surface area contributed by atoms with E-state index < -0.39 is 0 Å². The maximum atomic E-state index is 12.6. The number of nitrogens with zero attached hydrogens (tertiary/aromatic N) is 1. The van der Waals surface area contributed by atoms with E-state index in [1.807, 2.05) is 0 Å². The molecule has 2 aliphatic heterocycles. The predicted octanol–water partition coefficient (Wildman–Crippen LogP) is 1.46. The van der Waals surface area contributed by atoms with Crippen LogP contribution >= 0.6 is 0 Å². The fraction of sp³-hybridized carbons (Fsp3) is 0.750. The first-order valence-corrected chi connectivity index (χ1v) is 7.67. The maximum Gasteiger partial charge on any atom is 0.233 e. The van der Waals surface area contributed by atoms with Crippen LogP contribution in [0.4, 0.5) is 0 Å². The second-order valence-electron chi connectivity index (χ2n) is 7.14. The minimum absolute atomic E-state index is 0.0232. The topological polar surface area (TPSA) is 49.9 Å². The number of rotatable bonds is 4. The van der Waals surface area contributed by atoms with Crippen molar-refractivity contribution in [2.45, 2.75) is 32.5 Å². The van der Waals surface area contributed by atoms with Gasteiger partial charge < -0.3 is 4.74 Å². The summed E-state index contributed by atoms with van der Waals surface area (Å²) in [6, 6.07) is 0. The Bertz CT molecular complexity index is 466. The molecule has 20 heavy (non-hydrogen) atoms. The van der Waals surface area contributed by atoms with Crippen LogP contribution in [0, 0.1) is 35.5 Å². The molecule has 2 amide bonds. The number of amides is 2. The number of likely N-dealkylation sites (tertiary alicyclic amines) is 1. The number of hydrogen-bond donors (Lipinski definition) is 0. The van der Waals surface area contributed by atoms with Crippen LogP contribution in [0.3, 0.4) is 0 Å². The van der Waals surface area contributed by atoms with E-state index in [0.717, 1.165) is 6.42 Å². The van der Waals surface area contributed by atoms with Crippen molar-refractivity contribution >= 4 is 11.8 Å². The van der Waals surface area contributed by atoms with E-state index in [1.54, 1.807) is 6.08 Å². The number of fused-ring (bicyclic) bond motifs is 8. The summed E-state index contributed by atoms with van der Waals surface area (Å²) in [4.78, 5) is 26.6. The smallest absolute Gasteiger partial charge is 0.233 e. The van der Waals surface area contributed by atoms with Gasteiger partial charge >= 0.3 is 0 Å². The van der Waals surface area contributed by atoms with Gasteiger partial charge in [0.25, 0.3) is 0 Å². The molecule has 108 valence electrons. The molecule has 0 aromatic rings. The van der Waals surface area contributed by atoms with Crippen LogP contribution in [0.5, 0.6) is 0 Å². The first-order valence-electron chi connectivity index (χ1n) is 7.67. The molecule has 2 heterocycles. The van der Waals surface area contributed by atoms with E-state index in [9.17, 15) is 9.59 Å². The molecule has 2 saturated carbocycles. The Morgan fingerprint density at radius 2 is 1.75 bits per heavy atom. The van der Waals surface area contributed by atoms with Gasteiger partial charge in [0.1, 0.15) is 0 Å². The Balaban J connectivity index is 1.67. The van der Waals surface area contributed by atoms with Crippen molar-refractivity contribution in [1.82, 2.24) is 4.90 Å². The molecule has 4 aliphatic rings. The Kier molecular flexibility index (Phi) is 2.48. The quantitative estimate of drug-likeness (QED) is 0.443. The molecular formula is C16H21NO3. The summed E-state index contributed by atoms with van der Waals surface area (Å²) in [5.74, 6) is 1.50. The minimum Gasteiger partial charge on any atom is -0.369 e. The van der Waals surface area contributed by atoms with Crippen molar-refractivity contribution < 1.29 is 14.3 Å². The van der Waals surface area contributed by atoms with Gasteiger partial charge in [0.05, 0.1) is 24.0 Å². The van der Waals surface area contributed by atoms with Crippen molar-refractivity contribution in [3.8, 4) is 0 Å². The summed E-state index contributed by atoms with van der Waals surface area (Å²) in [7, 11) is 0. The van der Waals surface area contributed by atoms with Gasteiger partial charge in [-0.2, -0.15) is 0 Å². The average molecular weight is 275 g/mol. The van der Waals surface area contributed by atoms with Crippen LogP contribution in [0.1, 0.15) is 20.3 Å². The molecule has 0 N–H and O–H groups in total. The van der Waals surface area contributed by atoms with E-state index in [-0.39, 0.29) is 47.7 Å². The first-order chi connectivity index (χ1) is 9.56. The number of imide groups is 1. The summed E-state index contributed by atoms with van der Waals surface area (Å²) in [5.41, 5.74) is 0. The highest BCUT2D eigenvalue weighted by Gasteiger charge is 2.77. The highest BCUT2D eigenvalue weighted by molar-refractivity contribution is 6.06. The molecule has 2 aliphatic carbocycles. The van der Waals surface area contributed by atoms with E-state index in [2.05, 4.69) is 20.4 Å². The SMILES string of the molecule is C=CCN1C(=O)C2C(C1=O)C1C(CC(C)C)C2C2OC21. The molecule has 0 aromatic heterocycles. The molecule has 2 saturated heterocycles. The molecule has 6 unspecified atom stereocenters. The van der Waals surface area contributed by atoms with E-state index in [4.69, 9.17) is 4.74 Å². The second kappa shape index (κ2) is 3.94. The monoisotopic (exact) mass is 275 g/mol. The largest absolute Gasteiger partial charge is 0.369 e. The highest BCUT2D eigenvalue weighted by atomic mass is 16.6. The molecule has 2 bridgehead atoms. The Morgan fingerprint density at radius 1 is 1.20 bits per heavy atom. The summed E-state index contributed by atoms with van der Waals surface area (Å²) >= 11 is 0. The number of carbonyl (C=O) groups excluding carboxylic acids is 2. The van der Waals surface area contributed by atoms with Gasteiger partial charge in [0.15, 0.2) is 0 Å². The molecule has 6 atom stereocenters. The van der Waals surface area contributed by atoms with Gasteiger partial charge in [-0.05, 0) is 18.3 Å². The van der Waals surface area contributed by atoms with Crippen molar-refractivity contribution in [1.29, 1.82) is 0 Å². The zero-order valence-corrected chi connectivity index (χ0v) is 12.0. The van der Waals surface area contributed by atoms with E-state index >= 15 is 0 Å². The molecule has 4 nitrogen and oxygen atoms in total. The normalized spacial score (nSPS) is 48.0. The summed E-state index contributed by atoms with van der Waals surface area (Å²) in [6.45, 7) is 8.44. The molecular weight excluding hydrogens is 254 g/mol. The van der Waals surface area contributed by atoms with Crippen LogP contribution in [0.25, 0.3) is 0 Å². The van der Waals surface area contributed by atoms with Gasteiger partial charge in [-0.3, -0.25) is 14.5 Å². The van der Waals surface area contributed by atoms with Crippen molar-refractivity contribution in [2.75, 3.05) is 6.54 Å². The fourth-order valence-corrected chi connectivity index (χ4v) is 5.19. The summed E-state index contributed by atoms with van der Waals surface area (Å²) in [5, 5.41) is 0. The lowest BCUT2D eigenvalue weighted by molar-refractivity contribution is -0.141. The summed E-state index contributed by atoms with van der Waals surface area (Å²) < 4.78 is 5.74. The number of hydrogen-bond acceptors (Lipinski definition) is 3. The van der Waals surface area contributed by atoms with Crippen LogP contribution < -0.4 is 0 Å². The van der Waals surface area contributed by atoms with E-state index in [0.29, 0.717) is 18.4 Å². The number of epoxide rings is 1. The lowest BCUT2D eigenvalue weighted by Gasteiger charge is -2.24. The van der Waals surface area contributed by atoms with Gasteiger partial charge in [-0.15, -0.1) is 6.58 Å². The van der Waals surface area contributed by atoms with Gasteiger partial charge in [0, 0.05) is 18.4 Å². The fourth-order valence-electron chi connectivity index (χ4n) is 5.19. The van der Waals surface area contributed by atoms with Crippen LogP contribution in [-0.4, -0.2) is 35.5 Å². The predicted molar refractivity (Wildman–Crippen MR) is 72.5 cm³/mol. The standard InChI is InChI=1S/C16H21NO3/c1-4-5-17-15(18)11-9-8(6-7(2)3)10(12(11)16(17)19)14-13(9)20-14/h4,7-14H,1,5-6H2,2-3H3. The van der Waals surface area contributed by atoms with Gasteiger partial charge in [0.2, 0.25) is 11.8 Å². The highest BCUT2D eigenvalue weighted by Crippen LogP contribution is 2.67. The zero-order chi connectivity index (χ0) is 14.2. The lowest BCUT2D eigenvalue weighted by Crippen LogP contribution is -2.35. The zero-order valence-electron chi connectivity index (χ0n) is 12.0. The third kappa shape index (κ3) is 1.36. The Labute approximate surface area is 119 Å². The third-order valence-electron chi connectivity index (χ3n) is 5.68. The minimum atomic E-state index is -0.111. The molecule has 0 spiro atoms. The van der Waals surface area contributed by atoms with E-state index in [1.165, 1.54) is 4.90 Å².